The average Bonchev–Trinajstić information content (AvgIpc) is 3.08. The number of benzene rings is 1. The van der Waals surface area contributed by atoms with E-state index in [0.717, 1.165) is 13.0 Å². The maximum absolute atomic E-state index is 13.6. The molecule has 1 saturated heterocycles. The molecule has 2 aromatic rings. The summed E-state index contributed by atoms with van der Waals surface area (Å²) in [5.74, 6) is -0.0994. The number of hydrogen-bond donors (Lipinski definition) is 1. The number of likely N-dealkylation sites (tertiary alicyclic amines) is 1. The minimum absolute atomic E-state index is 0.207. The van der Waals surface area contributed by atoms with Crippen LogP contribution in [0.3, 0.4) is 0 Å². The number of aliphatic hydroxyl groups is 1. The van der Waals surface area contributed by atoms with Crippen LogP contribution in [-0.2, 0) is 5.60 Å². The van der Waals surface area contributed by atoms with Crippen molar-refractivity contribution in [1.82, 2.24) is 19.9 Å². The quantitative estimate of drug-likeness (QED) is 0.868. The van der Waals surface area contributed by atoms with Crippen LogP contribution >= 0.6 is 0 Å². The van der Waals surface area contributed by atoms with Crippen LogP contribution in [0.25, 0.3) is 0 Å². The molecule has 1 aliphatic rings. The zero-order chi connectivity index (χ0) is 17.9. The lowest BCUT2D eigenvalue weighted by atomic mass is 9.90. The highest BCUT2D eigenvalue weighted by atomic mass is 19.1. The first kappa shape index (κ1) is 17.8. The topological polar surface area (TPSA) is 63.4 Å². The van der Waals surface area contributed by atoms with Crippen LogP contribution in [0.4, 0.5) is 4.39 Å². The SMILES string of the molecule is CC(C)n1cc([C@]2(O)CCCN(CCOc3ccccc3F)C2)nn1. The van der Waals surface area contributed by atoms with Crippen molar-refractivity contribution in [2.24, 2.45) is 0 Å². The van der Waals surface area contributed by atoms with E-state index in [4.69, 9.17) is 4.74 Å². The molecule has 3 rings (SSSR count). The molecule has 1 aromatic carbocycles. The van der Waals surface area contributed by atoms with Crippen LogP contribution in [0.15, 0.2) is 30.5 Å². The third-order valence-corrected chi connectivity index (χ3v) is 4.57. The Hall–Kier alpha value is -1.99. The Morgan fingerprint density at radius 3 is 2.88 bits per heavy atom. The van der Waals surface area contributed by atoms with Gasteiger partial charge in [-0.2, -0.15) is 0 Å². The Bertz CT molecular complexity index is 706. The Balaban J connectivity index is 1.57. The van der Waals surface area contributed by atoms with Gasteiger partial charge in [0, 0.05) is 19.1 Å². The fraction of sp³-hybridized carbons (Fsp3) is 0.556. The summed E-state index contributed by atoms with van der Waals surface area (Å²) in [6.45, 7) is 6.39. The lowest BCUT2D eigenvalue weighted by molar-refractivity contribution is -0.0413. The Morgan fingerprint density at radius 1 is 1.36 bits per heavy atom. The van der Waals surface area contributed by atoms with Crippen molar-refractivity contribution in [2.45, 2.75) is 38.3 Å². The first-order valence-electron chi connectivity index (χ1n) is 8.72. The number of ether oxygens (including phenoxy) is 1. The van der Waals surface area contributed by atoms with Crippen molar-refractivity contribution in [1.29, 1.82) is 0 Å². The van der Waals surface area contributed by atoms with Gasteiger partial charge in [0.1, 0.15) is 17.9 Å². The van der Waals surface area contributed by atoms with Crippen LogP contribution < -0.4 is 4.74 Å². The van der Waals surface area contributed by atoms with Gasteiger partial charge >= 0.3 is 0 Å². The molecule has 0 aliphatic carbocycles. The predicted octanol–water partition coefficient (Wildman–Crippen LogP) is 2.36. The van der Waals surface area contributed by atoms with Gasteiger partial charge in [0.25, 0.3) is 0 Å². The van der Waals surface area contributed by atoms with E-state index in [-0.39, 0.29) is 17.6 Å². The Labute approximate surface area is 147 Å². The Morgan fingerprint density at radius 2 is 2.16 bits per heavy atom. The molecule has 1 fully saturated rings. The van der Waals surface area contributed by atoms with Crippen molar-refractivity contribution < 1.29 is 14.2 Å². The third kappa shape index (κ3) is 4.16. The molecular weight excluding hydrogens is 323 g/mol. The minimum Gasteiger partial charge on any atom is -0.489 e. The number of hydrogen-bond acceptors (Lipinski definition) is 5. The molecule has 1 N–H and O–H groups in total. The normalized spacial score (nSPS) is 21.6. The van der Waals surface area contributed by atoms with Gasteiger partial charge in [-0.3, -0.25) is 4.90 Å². The molecule has 1 aliphatic heterocycles. The summed E-state index contributed by atoms with van der Waals surface area (Å²) in [6.07, 6.45) is 3.35. The summed E-state index contributed by atoms with van der Waals surface area (Å²) in [4.78, 5) is 2.12. The number of piperidine rings is 1. The van der Waals surface area contributed by atoms with Crippen LogP contribution in [0, 0.1) is 5.82 Å². The van der Waals surface area contributed by atoms with E-state index in [1.807, 2.05) is 20.0 Å². The van der Waals surface area contributed by atoms with E-state index in [2.05, 4.69) is 15.2 Å². The van der Waals surface area contributed by atoms with E-state index >= 15 is 0 Å². The number of nitrogens with zero attached hydrogens (tertiary/aromatic N) is 4. The van der Waals surface area contributed by atoms with Gasteiger partial charge < -0.3 is 9.84 Å². The molecule has 136 valence electrons. The molecule has 1 aromatic heterocycles. The smallest absolute Gasteiger partial charge is 0.165 e. The summed E-state index contributed by atoms with van der Waals surface area (Å²) in [6, 6.07) is 6.59. The van der Waals surface area contributed by atoms with Gasteiger partial charge in [0.2, 0.25) is 0 Å². The zero-order valence-corrected chi connectivity index (χ0v) is 14.7. The summed E-state index contributed by atoms with van der Waals surface area (Å²) in [5.41, 5.74) is -0.385. The molecule has 0 amide bonds. The number of rotatable bonds is 6. The van der Waals surface area contributed by atoms with Crippen molar-refractivity contribution in [3.05, 3.63) is 42.0 Å². The summed E-state index contributed by atoms with van der Waals surface area (Å²) >= 11 is 0. The standard InChI is InChI=1S/C18H25FN4O2/c1-14(2)23-12-17(20-21-23)18(24)8-5-9-22(13-18)10-11-25-16-7-4-3-6-15(16)19/h3-4,6-7,12,14,24H,5,8-11,13H2,1-2H3/t18-/m0/s1. The van der Waals surface area contributed by atoms with Crippen molar-refractivity contribution in [2.75, 3.05) is 26.2 Å². The second kappa shape index (κ2) is 7.49. The maximum atomic E-state index is 13.6. The van der Waals surface area contributed by atoms with Gasteiger partial charge in [-0.05, 0) is 45.4 Å². The van der Waals surface area contributed by atoms with Crippen molar-refractivity contribution >= 4 is 0 Å². The highest BCUT2D eigenvalue weighted by molar-refractivity contribution is 5.23. The molecule has 25 heavy (non-hydrogen) atoms. The van der Waals surface area contributed by atoms with Crippen LogP contribution in [0.1, 0.15) is 38.4 Å². The molecule has 0 bridgehead atoms. The van der Waals surface area contributed by atoms with Crippen LogP contribution in [-0.4, -0.2) is 51.2 Å². The van der Waals surface area contributed by atoms with Gasteiger partial charge in [0.15, 0.2) is 11.6 Å². The number of halogens is 1. The zero-order valence-electron chi connectivity index (χ0n) is 14.7. The summed E-state index contributed by atoms with van der Waals surface area (Å²) in [7, 11) is 0. The second-order valence-corrected chi connectivity index (χ2v) is 6.87. The van der Waals surface area contributed by atoms with Crippen LogP contribution in [0.2, 0.25) is 0 Å². The monoisotopic (exact) mass is 348 g/mol. The lowest BCUT2D eigenvalue weighted by Gasteiger charge is -2.37. The molecule has 7 heteroatoms. The number of aromatic nitrogens is 3. The van der Waals surface area contributed by atoms with Crippen molar-refractivity contribution in [3.63, 3.8) is 0 Å². The average molecular weight is 348 g/mol. The molecule has 6 nitrogen and oxygen atoms in total. The third-order valence-electron chi connectivity index (χ3n) is 4.57. The first-order valence-corrected chi connectivity index (χ1v) is 8.72. The van der Waals surface area contributed by atoms with E-state index < -0.39 is 5.60 Å². The lowest BCUT2D eigenvalue weighted by Crippen LogP contribution is -2.47. The summed E-state index contributed by atoms with van der Waals surface area (Å²) in [5, 5.41) is 19.3. The molecule has 0 radical (unpaired) electrons. The van der Waals surface area contributed by atoms with E-state index in [1.54, 1.807) is 22.9 Å². The molecule has 0 unspecified atom stereocenters. The van der Waals surface area contributed by atoms with Crippen LogP contribution in [0.5, 0.6) is 5.75 Å². The van der Waals surface area contributed by atoms with E-state index in [1.165, 1.54) is 6.07 Å². The molecule has 2 heterocycles. The maximum Gasteiger partial charge on any atom is 0.165 e. The fourth-order valence-corrected chi connectivity index (χ4v) is 3.11. The van der Waals surface area contributed by atoms with Gasteiger partial charge in [-0.1, -0.05) is 17.3 Å². The van der Waals surface area contributed by atoms with E-state index in [0.29, 0.717) is 31.8 Å². The predicted molar refractivity (Wildman–Crippen MR) is 91.9 cm³/mol. The number of para-hydroxylation sites is 1. The molecule has 0 spiro atoms. The number of β-amino-alcohol motifs (C(OH)–C–C–N with tert-alkyl or cyclic N) is 1. The van der Waals surface area contributed by atoms with Gasteiger partial charge in [-0.25, -0.2) is 9.07 Å². The summed E-state index contributed by atoms with van der Waals surface area (Å²) < 4.78 is 20.8. The Kier molecular flexibility index (Phi) is 5.34. The second-order valence-electron chi connectivity index (χ2n) is 6.87. The van der Waals surface area contributed by atoms with Gasteiger partial charge in [0.05, 0.1) is 6.20 Å². The molecule has 0 saturated carbocycles. The highest BCUT2D eigenvalue weighted by Gasteiger charge is 2.37. The first-order chi connectivity index (χ1) is 12.0. The van der Waals surface area contributed by atoms with Gasteiger partial charge in [-0.15, -0.1) is 5.10 Å². The largest absolute Gasteiger partial charge is 0.489 e. The molecular formula is C18H25FN4O2. The van der Waals surface area contributed by atoms with E-state index in [9.17, 15) is 9.50 Å². The highest BCUT2D eigenvalue weighted by Crippen LogP contribution is 2.30. The minimum atomic E-state index is -0.997. The van der Waals surface area contributed by atoms with Crippen molar-refractivity contribution in [3.8, 4) is 5.75 Å². The molecule has 1 atom stereocenters. The fourth-order valence-electron chi connectivity index (χ4n) is 3.11.